The Balaban J connectivity index is 1.09. The maximum absolute atomic E-state index is 14.2. The number of piperidine rings is 1. The van der Waals surface area contributed by atoms with Gasteiger partial charge in [-0.1, -0.05) is 19.9 Å². The minimum absolute atomic E-state index is 0.150. The van der Waals surface area contributed by atoms with E-state index in [1.165, 1.54) is 12.1 Å². The first-order chi connectivity index (χ1) is 20.9. The summed E-state index contributed by atoms with van der Waals surface area (Å²) in [6.07, 6.45) is 6.85. The lowest BCUT2D eigenvalue weighted by atomic mass is 9.96. The highest BCUT2D eigenvalue weighted by Gasteiger charge is 2.27. The van der Waals surface area contributed by atoms with E-state index in [1.807, 2.05) is 25.1 Å². The molecule has 2 aliphatic heterocycles. The van der Waals surface area contributed by atoms with E-state index in [9.17, 15) is 14.3 Å². The Morgan fingerprint density at radius 2 is 1.95 bits per heavy atom. The van der Waals surface area contributed by atoms with Gasteiger partial charge in [-0.05, 0) is 66.1 Å². The molecule has 0 aliphatic carbocycles. The van der Waals surface area contributed by atoms with Gasteiger partial charge in [-0.25, -0.2) is 19.3 Å². The third-order valence-electron chi connectivity index (χ3n) is 8.74. The van der Waals surface area contributed by atoms with E-state index >= 15 is 0 Å². The molecule has 10 nitrogen and oxygen atoms in total. The number of amides is 1. The zero-order valence-corrected chi connectivity index (χ0v) is 24.2. The van der Waals surface area contributed by atoms with Gasteiger partial charge in [0.1, 0.15) is 17.2 Å². The predicted octanol–water partition coefficient (Wildman–Crippen LogP) is 5.25. The number of nitrogens with one attached hydrogen (secondary N) is 2. The average molecular weight is 581 g/mol. The summed E-state index contributed by atoms with van der Waals surface area (Å²) in [6, 6.07) is 8.64. The fraction of sp³-hybridized carbons (Fsp3) is 0.344. The van der Waals surface area contributed by atoms with Gasteiger partial charge in [0, 0.05) is 31.4 Å². The highest BCUT2D eigenvalue weighted by molar-refractivity contribution is 5.94. The van der Waals surface area contributed by atoms with Gasteiger partial charge in [0.15, 0.2) is 17.4 Å². The Kier molecular flexibility index (Phi) is 6.79. The number of nitrogens with zero attached hydrogens (tertiary/aromatic N) is 6. The van der Waals surface area contributed by atoms with Crippen LogP contribution in [-0.4, -0.2) is 65.7 Å². The molecule has 5 heterocycles. The number of hydrogen-bond acceptors (Lipinski definition) is 7. The lowest BCUT2D eigenvalue weighted by Crippen LogP contribution is -2.37. The topological polar surface area (TPSA) is 127 Å². The van der Waals surface area contributed by atoms with Crippen molar-refractivity contribution in [3.63, 3.8) is 0 Å². The zero-order chi connectivity index (χ0) is 29.7. The number of carbonyl (C=O) groups excluding carboxylic acids is 1. The Morgan fingerprint density at radius 1 is 1.12 bits per heavy atom. The molecule has 3 N–H and O–H groups in total. The number of aromatic hydroxyl groups is 1. The molecule has 3 aromatic heterocycles. The summed E-state index contributed by atoms with van der Waals surface area (Å²) in [6.45, 7) is 7.10. The summed E-state index contributed by atoms with van der Waals surface area (Å²) < 4.78 is 14.2. The Hall–Kier alpha value is -4.80. The molecule has 2 aliphatic rings. The second kappa shape index (κ2) is 10.8. The van der Waals surface area contributed by atoms with Crippen LogP contribution in [0.3, 0.4) is 0 Å². The van der Waals surface area contributed by atoms with Gasteiger partial charge >= 0.3 is 0 Å². The van der Waals surface area contributed by atoms with Crippen molar-refractivity contribution in [1.82, 2.24) is 35.0 Å². The van der Waals surface area contributed by atoms with Gasteiger partial charge in [0.25, 0.3) is 5.91 Å². The summed E-state index contributed by atoms with van der Waals surface area (Å²) in [5.41, 5.74) is 6.01. The number of rotatable bonds is 5. The van der Waals surface area contributed by atoms with Crippen molar-refractivity contribution in [3.8, 4) is 28.4 Å². The fourth-order valence-electron chi connectivity index (χ4n) is 6.11. The van der Waals surface area contributed by atoms with Gasteiger partial charge in [-0.15, -0.1) is 0 Å². The van der Waals surface area contributed by atoms with Crippen molar-refractivity contribution in [1.29, 1.82) is 0 Å². The average Bonchev–Trinajstić information content (AvgIpc) is 3.65. The van der Waals surface area contributed by atoms with Crippen LogP contribution < -0.4 is 4.90 Å². The summed E-state index contributed by atoms with van der Waals surface area (Å²) in [7, 11) is 0. The van der Waals surface area contributed by atoms with Crippen LogP contribution in [0.15, 0.2) is 42.7 Å². The maximum Gasteiger partial charge on any atom is 0.274 e. The molecular formula is C32H33FN8O2. The molecule has 1 saturated heterocycles. The number of aromatic amines is 2. The molecule has 1 amide bonds. The molecule has 0 spiro atoms. The quantitative estimate of drug-likeness (QED) is 0.259. The third kappa shape index (κ3) is 4.98. The molecule has 0 unspecified atom stereocenters. The van der Waals surface area contributed by atoms with Gasteiger partial charge in [-0.3, -0.25) is 9.89 Å². The van der Waals surface area contributed by atoms with Crippen LogP contribution >= 0.6 is 0 Å². The van der Waals surface area contributed by atoms with Crippen LogP contribution in [0, 0.1) is 11.7 Å². The van der Waals surface area contributed by atoms with Gasteiger partial charge in [0.05, 0.1) is 35.8 Å². The number of H-pyrrole nitrogens is 2. The predicted molar refractivity (Wildman–Crippen MR) is 161 cm³/mol. The second-order valence-corrected chi connectivity index (χ2v) is 11.6. The standard InChI is InChI=1S/C32H33FN8O2/c1-3-19-13-28(42)23(33)14-22(19)20-4-5-21-25(12-20)38-39-30(21)31-36-24-8-11-41(17-27(24)37-31)32(43)26-15-35-29(16-34-26)40-9-6-18(2)7-10-40/h4-5,12-16,18,42H,3,6-11,17H2,1-2H3,(H,36,37)(H,38,39). The van der Waals surface area contributed by atoms with E-state index in [0.29, 0.717) is 43.1 Å². The van der Waals surface area contributed by atoms with Crippen molar-refractivity contribution < 1.29 is 14.3 Å². The number of aryl methyl sites for hydroxylation is 1. The molecule has 43 heavy (non-hydrogen) atoms. The van der Waals surface area contributed by atoms with E-state index in [0.717, 1.165) is 76.6 Å². The third-order valence-corrected chi connectivity index (χ3v) is 8.74. The van der Waals surface area contributed by atoms with E-state index in [1.54, 1.807) is 17.3 Å². The highest BCUT2D eigenvalue weighted by Crippen LogP contribution is 2.34. The number of halogens is 1. The van der Waals surface area contributed by atoms with Crippen LogP contribution in [-0.2, 0) is 19.4 Å². The number of anilines is 1. The SMILES string of the molecule is CCc1cc(O)c(F)cc1-c1ccc2c(-c3nc4c([nH]3)CN(C(=O)c3cnc(N5CCC(C)CC5)cn3)CC4)n[nH]c2c1. The molecule has 0 saturated carbocycles. The minimum Gasteiger partial charge on any atom is -0.505 e. The monoisotopic (exact) mass is 580 g/mol. The lowest BCUT2D eigenvalue weighted by molar-refractivity contribution is 0.0725. The van der Waals surface area contributed by atoms with Crippen molar-refractivity contribution in [3.05, 3.63) is 71.2 Å². The van der Waals surface area contributed by atoms with Gasteiger partial charge < -0.3 is 19.9 Å². The molecule has 0 radical (unpaired) electrons. The van der Waals surface area contributed by atoms with Crippen molar-refractivity contribution in [2.24, 2.45) is 5.92 Å². The van der Waals surface area contributed by atoms with E-state index in [2.05, 4.69) is 37.0 Å². The normalized spacial score (nSPS) is 15.7. The zero-order valence-electron chi connectivity index (χ0n) is 24.2. The molecule has 5 aromatic rings. The largest absolute Gasteiger partial charge is 0.505 e. The first-order valence-electron chi connectivity index (χ1n) is 14.8. The van der Waals surface area contributed by atoms with E-state index < -0.39 is 5.82 Å². The minimum atomic E-state index is -0.650. The number of phenols is 1. The van der Waals surface area contributed by atoms with Crippen molar-refractivity contribution in [2.45, 2.75) is 46.1 Å². The number of fused-ring (bicyclic) bond motifs is 2. The highest BCUT2D eigenvalue weighted by atomic mass is 19.1. The van der Waals surface area contributed by atoms with E-state index in [-0.39, 0.29) is 11.7 Å². The fourth-order valence-corrected chi connectivity index (χ4v) is 6.11. The lowest BCUT2D eigenvalue weighted by Gasteiger charge is -2.31. The summed E-state index contributed by atoms with van der Waals surface area (Å²) in [5.74, 6) is 1.03. The summed E-state index contributed by atoms with van der Waals surface area (Å²) in [4.78, 5) is 34.5. The number of phenolic OH excluding ortho intramolecular Hbond substituents is 1. The summed E-state index contributed by atoms with van der Waals surface area (Å²) in [5, 5.41) is 18.3. The molecule has 1 fully saturated rings. The number of carbonyl (C=O) groups is 1. The molecule has 7 rings (SSSR count). The second-order valence-electron chi connectivity index (χ2n) is 11.6. The molecule has 0 atom stereocenters. The van der Waals surface area contributed by atoms with Crippen LogP contribution in [0.2, 0.25) is 0 Å². The first kappa shape index (κ1) is 27.1. The molecule has 2 aromatic carbocycles. The van der Waals surface area contributed by atoms with Gasteiger partial charge in [0.2, 0.25) is 0 Å². The Labute approximate surface area is 248 Å². The Morgan fingerprint density at radius 3 is 2.72 bits per heavy atom. The van der Waals surface area contributed by atoms with E-state index in [4.69, 9.17) is 4.98 Å². The molecular weight excluding hydrogens is 547 g/mol. The van der Waals surface area contributed by atoms with Crippen LogP contribution in [0.5, 0.6) is 5.75 Å². The summed E-state index contributed by atoms with van der Waals surface area (Å²) >= 11 is 0. The Bertz CT molecular complexity index is 1820. The van der Waals surface area contributed by atoms with Crippen LogP contribution in [0.1, 0.15) is 54.1 Å². The first-order valence-corrected chi connectivity index (χ1v) is 14.8. The van der Waals surface area contributed by atoms with Crippen molar-refractivity contribution >= 4 is 22.6 Å². The van der Waals surface area contributed by atoms with Crippen LogP contribution in [0.25, 0.3) is 33.5 Å². The molecule has 220 valence electrons. The smallest absolute Gasteiger partial charge is 0.274 e. The van der Waals surface area contributed by atoms with Crippen LogP contribution in [0.4, 0.5) is 10.2 Å². The number of imidazole rings is 1. The molecule has 0 bridgehead atoms. The number of aromatic nitrogens is 6. The molecule has 11 heteroatoms. The maximum atomic E-state index is 14.2. The number of hydrogen-bond donors (Lipinski definition) is 3. The number of benzene rings is 2. The van der Waals surface area contributed by atoms with Gasteiger partial charge in [-0.2, -0.15) is 5.10 Å². The van der Waals surface area contributed by atoms with Crippen molar-refractivity contribution in [2.75, 3.05) is 24.5 Å².